The summed E-state index contributed by atoms with van der Waals surface area (Å²) in [4.78, 5) is 0. The molecule has 2 heterocycles. The Balaban J connectivity index is 1.41. The monoisotopic (exact) mass is 339 g/mol. The molecule has 0 aliphatic heterocycles. The van der Waals surface area contributed by atoms with Gasteiger partial charge in [-0.05, 0) is 50.4 Å². The minimum Gasteiger partial charge on any atom is -0.493 e. The highest BCUT2D eigenvalue weighted by molar-refractivity contribution is 5.49. The second kappa shape index (κ2) is 5.93. The molecule has 2 saturated carbocycles. The van der Waals surface area contributed by atoms with Crippen molar-refractivity contribution in [1.29, 1.82) is 0 Å². The van der Waals surface area contributed by atoms with Gasteiger partial charge in [0.1, 0.15) is 12.1 Å². The van der Waals surface area contributed by atoms with Gasteiger partial charge in [0.2, 0.25) is 0 Å². The lowest BCUT2D eigenvalue weighted by Crippen LogP contribution is -2.29. The van der Waals surface area contributed by atoms with E-state index in [1.165, 1.54) is 0 Å². The minimum absolute atomic E-state index is 0.199. The highest BCUT2D eigenvalue weighted by Gasteiger charge is 2.41. The number of hydrogen-bond acceptors (Lipinski definition) is 3. The lowest BCUT2D eigenvalue weighted by molar-refractivity contribution is -0.184. The van der Waals surface area contributed by atoms with Gasteiger partial charge in [-0.25, -0.2) is 0 Å². The van der Waals surface area contributed by atoms with Crippen LogP contribution in [0.2, 0.25) is 0 Å². The van der Waals surface area contributed by atoms with E-state index in [0.29, 0.717) is 25.4 Å². The molecular weight excluding hydrogens is 319 g/mol. The van der Waals surface area contributed by atoms with Crippen LogP contribution in [0.5, 0.6) is 5.75 Å². The van der Waals surface area contributed by atoms with Gasteiger partial charge in [0.15, 0.2) is 5.65 Å². The van der Waals surface area contributed by atoms with E-state index >= 15 is 0 Å². The third-order valence-corrected chi connectivity index (χ3v) is 5.23. The van der Waals surface area contributed by atoms with Gasteiger partial charge in [-0.2, -0.15) is 13.2 Å². The molecule has 2 fully saturated rings. The molecule has 24 heavy (non-hydrogen) atoms. The fourth-order valence-electron chi connectivity index (χ4n) is 3.56. The van der Waals surface area contributed by atoms with Crippen LogP contribution in [0.1, 0.15) is 50.0 Å². The molecule has 0 amide bonds. The van der Waals surface area contributed by atoms with Crippen molar-refractivity contribution in [3.63, 3.8) is 0 Å². The van der Waals surface area contributed by atoms with Crippen LogP contribution in [0, 0.1) is 11.8 Å². The second-order valence-corrected chi connectivity index (χ2v) is 7.03. The van der Waals surface area contributed by atoms with Crippen LogP contribution in [0.3, 0.4) is 0 Å². The Labute approximate surface area is 138 Å². The molecule has 4 nitrogen and oxygen atoms in total. The van der Waals surface area contributed by atoms with Crippen LogP contribution in [-0.4, -0.2) is 27.4 Å². The number of pyridine rings is 1. The number of hydrogen-bond donors (Lipinski definition) is 0. The summed E-state index contributed by atoms with van der Waals surface area (Å²) in [6, 6.07) is 1.89. The lowest BCUT2D eigenvalue weighted by Gasteiger charge is -2.29. The van der Waals surface area contributed by atoms with Crippen molar-refractivity contribution in [2.75, 3.05) is 6.61 Å². The molecule has 2 aliphatic carbocycles. The Bertz CT molecular complexity index is 715. The lowest BCUT2D eigenvalue weighted by atomic mass is 9.82. The first-order valence-corrected chi connectivity index (χ1v) is 8.53. The van der Waals surface area contributed by atoms with Gasteiger partial charge in [-0.1, -0.05) is 0 Å². The van der Waals surface area contributed by atoms with Gasteiger partial charge in [-0.3, -0.25) is 4.40 Å². The fourth-order valence-corrected chi connectivity index (χ4v) is 3.56. The molecule has 0 aromatic carbocycles. The first-order valence-electron chi connectivity index (χ1n) is 8.53. The average Bonchev–Trinajstić information content (AvgIpc) is 3.30. The quantitative estimate of drug-likeness (QED) is 0.831. The molecule has 130 valence electrons. The maximum Gasteiger partial charge on any atom is 0.391 e. The largest absolute Gasteiger partial charge is 0.493 e. The van der Waals surface area contributed by atoms with Crippen LogP contribution < -0.4 is 4.74 Å². The van der Waals surface area contributed by atoms with E-state index in [4.69, 9.17) is 4.74 Å². The average molecular weight is 339 g/mol. The summed E-state index contributed by atoms with van der Waals surface area (Å²) in [6.07, 6.45) is 3.54. The van der Waals surface area contributed by atoms with Crippen LogP contribution in [-0.2, 0) is 0 Å². The topological polar surface area (TPSA) is 39.4 Å². The summed E-state index contributed by atoms with van der Waals surface area (Å²) in [5.74, 6) is 0.400. The molecule has 2 aromatic rings. The maximum absolute atomic E-state index is 12.7. The zero-order valence-corrected chi connectivity index (χ0v) is 13.3. The Morgan fingerprint density at radius 1 is 1.12 bits per heavy atom. The number of halogens is 3. The molecule has 0 radical (unpaired) electrons. The summed E-state index contributed by atoms with van der Waals surface area (Å²) in [5, 5.41) is 7.94. The van der Waals surface area contributed by atoms with Gasteiger partial charge in [-0.15, -0.1) is 10.2 Å². The Hall–Kier alpha value is -1.79. The maximum atomic E-state index is 12.7. The summed E-state index contributed by atoms with van der Waals surface area (Å²) < 4.78 is 46.1. The first-order chi connectivity index (χ1) is 11.5. The van der Waals surface area contributed by atoms with E-state index in [0.717, 1.165) is 29.8 Å². The van der Waals surface area contributed by atoms with Gasteiger partial charge in [0, 0.05) is 17.8 Å². The number of alkyl halides is 3. The van der Waals surface area contributed by atoms with Crippen molar-refractivity contribution in [1.82, 2.24) is 14.6 Å². The zero-order valence-electron chi connectivity index (χ0n) is 13.3. The van der Waals surface area contributed by atoms with Crippen LogP contribution >= 0.6 is 0 Å². The molecule has 0 spiro atoms. The smallest absolute Gasteiger partial charge is 0.391 e. The van der Waals surface area contributed by atoms with Crippen LogP contribution in [0.4, 0.5) is 13.2 Å². The van der Waals surface area contributed by atoms with Gasteiger partial charge in [0.25, 0.3) is 0 Å². The normalized spacial score (nSPS) is 25.1. The van der Waals surface area contributed by atoms with Gasteiger partial charge in [0.05, 0.1) is 12.5 Å². The van der Waals surface area contributed by atoms with Crippen LogP contribution in [0.25, 0.3) is 5.65 Å². The Kier molecular flexibility index (Phi) is 3.89. The Morgan fingerprint density at radius 3 is 2.54 bits per heavy atom. The molecule has 7 heteroatoms. The Morgan fingerprint density at radius 2 is 1.88 bits per heavy atom. The van der Waals surface area contributed by atoms with Crippen molar-refractivity contribution in [2.45, 2.75) is 50.6 Å². The van der Waals surface area contributed by atoms with E-state index in [-0.39, 0.29) is 18.8 Å². The summed E-state index contributed by atoms with van der Waals surface area (Å²) in [5.41, 5.74) is 1.89. The second-order valence-electron chi connectivity index (χ2n) is 7.03. The first kappa shape index (κ1) is 15.7. The summed E-state index contributed by atoms with van der Waals surface area (Å²) in [7, 11) is 0. The SMILES string of the molecule is FC(F)(F)C1CCC(COc2cc3nncn3cc2C2CC2)CC1. The van der Waals surface area contributed by atoms with Crippen molar-refractivity contribution >= 4 is 5.65 Å². The molecule has 0 atom stereocenters. The van der Waals surface area contributed by atoms with Gasteiger partial charge >= 0.3 is 6.18 Å². The molecular formula is C17H20F3N3O. The van der Waals surface area contributed by atoms with Gasteiger partial charge < -0.3 is 4.74 Å². The number of rotatable bonds is 4. The van der Waals surface area contributed by atoms with E-state index in [1.54, 1.807) is 6.33 Å². The molecule has 0 unspecified atom stereocenters. The predicted octanol–water partition coefficient (Wildman–Crippen LogP) is 4.35. The number of ether oxygens (including phenoxy) is 1. The number of fused-ring (bicyclic) bond motifs is 1. The third kappa shape index (κ3) is 3.21. The number of aromatic nitrogens is 3. The highest BCUT2D eigenvalue weighted by Crippen LogP contribution is 2.45. The highest BCUT2D eigenvalue weighted by atomic mass is 19.4. The van der Waals surface area contributed by atoms with Crippen molar-refractivity contribution in [3.8, 4) is 5.75 Å². The molecule has 2 aromatic heterocycles. The van der Waals surface area contributed by atoms with E-state index in [9.17, 15) is 13.2 Å². The zero-order chi connectivity index (χ0) is 16.7. The molecule has 0 N–H and O–H groups in total. The molecule has 2 aliphatic rings. The fraction of sp³-hybridized carbons (Fsp3) is 0.647. The minimum atomic E-state index is -4.05. The van der Waals surface area contributed by atoms with E-state index in [1.807, 2.05) is 16.7 Å². The van der Waals surface area contributed by atoms with Crippen molar-refractivity contribution in [2.24, 2.45) is 11.8 Å². The standard InChI is InChI=1S/C17H20F3N3O/c18-17(19,20)13-5-1-11(2-6-13)9-24-15-7-16-22-21-10-23(16)8-14(15)12-3-4-12/h7-8,10-13H,1-6,9H2. The summed E-state index contributed by atoms with van der Waals surface area (Å²) >= 11 is 0. The molecule has 0 bridgehead atoms. The van der Waals surface area contributed by atoms with Crippen molar-refractivity contribution < 1.29 is 17.9 Å². The van der Waals surface area contributed by atoms with Crippen molar-refractivity contribution in [3.05, 3.63) is 24.2 Å². The number of nitrogens with zero attached hydrogens (tertiary/aromatic N) is 3. The molecule has 4 rings (SSSR count). The van der Waals surface area contributed by atoms with Crippen LogP contribution in [0.15, 0.2) is 18.6 Å². The predicted molar refractivity (Wildman–Crippen MR) is 82.0 cm³/mol. The summed E-state index contributed by atoms with van der Waals surface area (Å²) in [6.45, 7) is 0.481. The third-order valence-electron chi connectivity index (χ3n) is 5.23. The van der Waals surface area contributed by atoms with E-state index in [2.05, 4.69) is 10.2 Å². The van der Waals surface area contributed by atoms with E-state index < -0.39 is 12.1 Å². The molecule has 0 saturated heterocycles.